The van der Waals surface area contributed by atoms with Crippen LogP contribution in [0.15, 0.2) is 0 Å². The minimum atomic E-state index is -1.46. The maximum absolute atomic E-state index is 10.5. The van der Waals surface area contributed by atoms with Crippen molar-refractivity contribution in [2.24, 2.45) is 0 Å². The van der Waals surface area contributed by atoms with Crippen LogP contribution >= 0.6 is 18.9 Å². The molecule has 0 amide bonds. The lowest BCUT2D eigenvalue weighted by atomic mass is 10.3. The molecule has 3 atom stereocenters. The zero-order valence-electron chi connectivity index (χ0n) is 5.52. The van der Waals surface area contributed by atoms with Crippen molar-refractivity contribution in [3.8, 4) is 0 Å². The summed E-state index contributed by atoms with van der Waals surface area (Å²) < 4.78 is 8.19. The van der Waals surface area contributed by atoms with Gasteiger partial charge in [0, 0.05) is 0 Å². The molecule has 0 aromatic carbocycles. The number of hydrogen-bond donors (Lipinski definition) is 1. The fourth-order valence-corrected chi connectivity index (χ4v) is 0.621. The Bertz CT molecular complexity index is 159. The summed E-state index contributed by atoms with van der Waals surface area (Å²) in [5.41, 5.74) is 0. The van der Waals surface area contributed by atoms with E-state index in [9.17, 15) is 9.59 Å². The van der Waals surface area contributed by atoms with Gasteiger partial charge in [0.15, 0.2) is 6.10 Å². The molecule has 0 aliphatic rings. The second-order valence-electron chi connectivity index (χ2n) is 1.65. The summed E-state index contributed by atoms with van der Waals surface area (Å²) in [5.74, 6) is -1.58. The highest BCUT2D eigenvalue weighted by Gasteiger charge is 2.19. The molecule has 7 heteroatoms. The largest absolute Gasteiger partial charge is 0.451 e. The minimum absolute atomic E-state index is 0.406. The lowest BCUT2D eigenvalue weighted by Crippen LogP contribution is -2.23. The van der Waals surface area contributed by atoms with Gasteiger partial charge in [-0.25, -0.2) is 4.79 Å². The zero-order valence-corrected chi connectivity index (χ0v) is 7.83. The van der Waals surface area contributed by atoms with E-state index >= 15 is 0 Å². The molecule has 0 saturated heterocycles. The predicted molar refractivity (Wildman–Crippen MR) is 42.2 cm³/mol. The van der Waals surface area contributed by atoms with E-state index in [1.54, 1.807) is 18.9 Å². The van der Waals surface area contributed by atoms with Crippen molar-refractivity contribution in [2.45, 2.75) is 12.5 Å². The van der Waals surface area contributed by atoms with Gasteiger partial charge in [0.1, 0.15) is 0 Å². The number of aliphatic hydroxyl groups excluding tert-OH is 1. The Kier molecular flexibility index (Phi) is 5.30. The summed E-state index contributed by atoms with van der Waals surface area (Å²) in [4.78, 5) is 20.9. The fourth-order valence-electron chi connectivity index (χ4n) is 0.368. The Hall–Kier alpha value is -0.240. The molecular weight excluding hydrogens is 190 g/mol. The highest BCUT2D eigenvalue weighted by molar-refractivity contribution is 7.11. The first-order chi connectivity index (χ1) is 5.11. The molecule has 11 heavy (non-hydrogen) atoms. The maximum atomic E-state index is 10.5. The SMILES string of the molecule is O=C(CC(O)C(=O)OP)OP. The molecule has 0 rings (SSSR count). The number of hydrogen-bond acceptors (Lipinski definition) is 5. The van der Waals surface area contributed by atoms with Gasteiger partial charge in [-0.1, -0.05) is 0 Å². The lowest BCUT2D eigenvalue weighted by molar-refractivity contribution is -0.148. The first kappa shape index (κ1) is 10.8. The second-order valence-corrected chi connectivity index (χ2v) is 2.12. The van der Waals surface area contributed by atoms with Crippen LogP contribution in [0, 0.1) is 0 Å². The topological polar surface area (TPSA) is 72.8 Å². The van der Waals surface area contributed by atoms with E-state index in [4.69, 9.17) is 5.11 Å². The van der Waals surface area contributed by atoms with E-state index in [1.807, 2.05) is 0 Å². The Morgan fingerprint density at radius 3 is 2.27 bits per heavy atom. The summed E-state index contributed by atoms with van der Waals surface area (Å²) in [6.07, 6.45) is -1.86. The molecule has 0 spiro atoms. The van der Waals surface area contributed by atoms with Crippen molar-refractivity contribution in [2.75, 3.05) is 0 Å². The van der Waals surface area contributed by atoms with Crippen molar-refractivity contribution >= 4 is 30.9 Å². The van der Waals surface area contributed by atoms with Crippen LogP contribution in [0.5, 0.6) is 0 Å². The molecule has 0 radical (unpaired) electrons. The highest BCUT2D eigenvalue weighted by atomic mass is 31.0. The van der Waals surface area contributed by atoms with E-state index < -0.39 is 24.5 Å². The molecule has 0 aliphatic heterocycles. The van der Waals surface area contributed by atoms with Crippen molar-refractivity contribution in [1.29, 1.82) is 0 Å². The van der Waals surface area contributed by atoms with E-state index in [1.165, 1.54) is 0 Å². The van der Waals surface area contributed by atoms with Gasteiger partial charge < -0.3 is 14.2 Å². The Balaban J connectivity index is 3.77. The average molecular weight is 198 g/mol. The van der Waals surface area contributed by atoms with Crippen LogP contribution in [-0.4, -0.2) is 23.1 Å². The molecule has 0 aromatic heterocycles. The molecule has 5 nitrogen and oxygen atoms in total. The second kappa shape index (κ2) is 5.42. The fraction of sp³-hybridized carbons (Fsp3) is 0.500. The van der Waals surface area contributed by atoms with Crippen LogP contribution in [0.25, 0.3) is 0 Å². The molecular formula is C4H8O5P2. The molecule has 1 N–H and O–H groups in total. The molecule has 0 heterocycles. The zero-order chi connectivity index (χ0) is 8.85. The quantitative estimate of drug-likeness (QED) is 0.613. The first-order valence-corrected chi connectivity index (χ1v) is 3.54. The van der Waals surface area contributed by atoms with Crippen LogP contribution in [0.2, 0.25) is 0 Å². The van der Waals surface area contributed by atoms with Crippen molar-refractivity contribution < 1.29 is 23.7 Å². The Labute approximate surface area is 68.0 Å². The lowest BCUT2D eigenvalue weighted by Gasteiger charge is -2.04. The normalized spacial score (nSPS) is 11.9. The van der Waals surface area contributed by atoms with Crippen LogP contribution in [0.3, 0.4) is 0 Å². The number of carbonyl (C=O) groups is 2. The average Bonchev–Trinajstić information content (AvgIpc) is 2.02. The third-order valence-corrected chi connectivity index (χ3v) is 1.37. The van der Waals surface area contributed by atoms with E-state index in [2.05, 4.69) is 9.05 Å². The summed E-state index contributed by atoms with van der Waals surface area (Å²) >= 11 is 0. The summed E-state index contributed by atoms with van der Waals surface area (Å²) in [5, 5.41) is 8.82. The van der Waals surface area contributed by atoms with Crippen molar-refractivity contribution in [3.05, 3.63) is 0 Å². The van der Waals surface area contributed by atoms with Crippen LogP contribution in [0.1, 0.15) is 6.42 Å². The monoisotopic (exact) mass is 198 g/mol. The summed E-state index contributed by atoms with van der Waals surface area (Å²) in [7, 11) is 3.39. The number of rotatable bonds is 3. The van der Waals surface area contributed by atoms with Gasteiger partial charge in [-0.2, -0.15) is 0 Å². The van der Waals surface area contributed by atoms with Gasteiger partial charge in [0.2, 0.25) is 0 Å². The smallest absolute Gasteiger partial charge is 0.337 e. The van der Waals surface area contributed by atoms with Gasteiger partial charge in [-0.3, -0.25) is 4.79 Å². The molecule has 0 fully saturated rings. The number of carbonyl (C=O) groups excluding carboxylic acids is 2. The summed E-state index contributed by atoms with van der Waals surface area (Å²) in [6.45, 7) is 0. The minimum Gasteiger partial charge on any atom is -0.451 e. The van der Waals surface area contributed by atoms with Crippen LogP contribution < -0.4 is 0 Å². The molecule has 0 saturated carbocycles. The standard InChI is InChI=1S/C4H8O5P2/c5-2(4(7)9-11)1-3(6)8-10/h2,5H,1,10-11H2. The van der Waals surface area contributed by atoms with Gasteiger partial charge in [0.05, 0.1) is 25.4 Å². The predicted octanol–water partition coefficient (Wildman–Crippen LogP) is -0.596. The third kappa shape index (κ3) is 4.25. The molecule has 0 bridgehead atoms. The van der Waals surface area contributed by atoms with E-state index in [0.29, 0.717) is 0 Å². The van der Waals surface area contributed by atoms with Gasteiger partial charge in [-0.15, -0.1) is 0 Å². The number of aliphatic hydroxyl groups is 1. The molecule has 0 aromatic rings. The van der Waals surface area contributed by atoms with E-state index in [-0.39, 0.29) is 0 Å². The van der Waals surface area contributed by atoms with Crippen molar-refractivity contribution in [3.63, 3.8) is 0 Å². The molecule has 0 aliphatic carbocycles. The van der Waals surface area contributed by atoms with Gasteiger partial charge in [-0.05, 0) is 0 Å². The maximum Gasteiger partial charge on any atom is 0.337 e. The van der Waals surface area contributed by atoms with Crippen molar-refractivity contribution in [1.82, 2.24) is 0 Å². The van der Waals surface area contributed by atoms with E-state index in [0.717, 1.165) is 0 Å². The van der Waals surface area contributed by atoms with Gasteiger partial charge >= 0.3 is 11.9 Å². The Morgan fingerprint density at radius 1 is 1.36 bits per heavy atom. The molecule has 3 unspecified atom stereocenters. The highest BCUT2D eigenvalue weighted by Crippen LogP contribution is 2.01. The first-order valence-electron chi connectivity index (χ1n) is 2.60. The van der Waals surface area contributed by atoms with Gasteiger partial charge in [0.25, 0.3) is 0 Å². The Morgan fingerprint density at radius 2 is 1.91 bits per heavy atom. The third-order valence-electron chi connectivity index (χ3n) is 0.880. The van der Waals surface area contributed by atoms with Crippen LogP contribution in [-0.2, 0) is 18.6 Å². The summed E-state index contributed by atoms with van der Waals surface area (Å²) in [6, 6.07) is 0. The molecule has 64 valence electrons. The van der Waals surface area contributed by atoms with Crippen LogP contribution in [0.4, 0.5) is 0 Å².